The fourth-order valence-corrected chi connectivity index (χ4v) is 3.85. The maximum Gasteiger partial charge on any atom is 0.243 e. The molecule has 0 atom stereocenters. The van der Waals surface area contributed by atoms with Gasteiger partial charge in [-0.1, -0.05) is 0 Å². The number of aryl methyl sites for hydroxylation is 1. The summed E-state index contributed by atoms with van der Waals surface area (Å²) in [4.78, 5) is 19.3. The quantitative estimate of drug-likeness (QED) is 0.884. The number of piperazine rings is 1. The lowest BCUT2D eigenvalue weighted by Crippen LogP contribution is -2.67. The minimum atomic E-state index is -0.386. The Morgan fingerprint density at radius 1 is 1.22 bits per heavy atom. The number of amides is 1. The third-order valence-corrected chi connectivity index (χ3v) is 5.35. The zero-order chi connectivity index (χ0) is 16.4. The third kappa shape index (κ3) is 3.16. The highest BCUT2D eigenvalue weighted by atomic mass is 16.3. The molecule has 3 heterocycles. The zero-order valence-electron chi connectivity index (χ0n) is 14.1. The van der Waals surface area contributed by atoms with Crippen LogP contribution in [0.25, 0.3) is 0 Å². The number of aliphatic hydroxyl groups is 1. The Kier molecular flexibility index (Phi) is 4.75. The Hall–Kier alpha value is -1.37. The van der Waals surface area contributed by atoms with E-state index < -0.39 is 0 Å². The SMILES string of the molecule is Cc1ccc(CN2CCC3(CC2)C(=O)N(CCO)CCN3C)o1. The first-order valence-electron chi connectivity index (χ1n) is 8.44. The minimum absolute atomic E-state index is 0.0372. The van der Waals surface area contributed by atoms with Gasteiger partial charge in [0.15, 0.2) is 0 Å². The molecule has 0 aromatic carbocycles. The van der Waals surface area contributed by atoms with Crippen molar-refractivity contribution in [3.63, 3.8) is 0 Å². The Balaban J connectivity index is 1.64. The van der Waals surface area contributed by atoms with Crippen molar-refractivity contribution >= 4 is 5.91 Å². The number of furan rings is 1. The van der Waals surface area contributed by atoms with E-state index in [0.717, 1.165) is 50.5 Å². The number of likely N-dealkylation sites (tertiary alicyclic amines) is 1. The molecule has 6 heteroatoms. The molecule has 2 saturated heterocycles. The summed E-state index contributed by atoms with van der Waals surface area (Å²) in [5.41, 5.74) is -0.386. The molecule has 23 heavy (non-hydrogen) atoms. The van der Waals surface area contributed by atoms with Crippen LogP contribution in [0.3, 0.4) is 0 Å². The second-order valence-corrected chi connectivity index (χ2v) is 6.76. The number of carbonyl (C=O) groups is 1. The lowest BCUT2D eigenvalue weighted by molar-refractivity contribution is -0.155. The number of carbonyl (C=O) groups excluding carboxylic acids is 1. The highest BCUT2D eigenvalue weighted by Crippen LogP contribution is 2.33. The standard InChI is InChI=1S/C17H27N3O3/c1-14-3-4-15(23-14)13-19-7-5-17(6-8-19)16(22)20(11-12-21)10-9-18(17)2/h3-4,21H,5-13H2,1-2H3. The Bertz CT molecular complexity index is 549. The maximum absolute atomic E-state index is 12.9. The molecule has 1 N–H and O–H groups in total. The van der Waals surface area contributed by atoms with Crippen molar-refractivity contribution < 1.29 is 14.3 Å². The number of β-amino-alcohol motifs (C(OH)–C–C–N with tert-alkyl or cyclic N) is 1. The largest absolute Gasteiger partial charge is 0.465 e. The lowest BCUT2D eigenvalue weighted by atomic mass is 9.82. The topological polar surface area (TPSA) is 60.2 Å². The molecule has 2 fully saturated rings. The molecule has 1 spiro atoms. The van der Waals surface area contributed by atoms with Gasteiger partial charge >= 0.3 is 0 Å². The second-order valence-electron chi connectivity index (χ2n) is 6.76. The second kappa shape index (κ2) is 6.63. The molecule has 0 saturated carbocycles. The number of piperidine rings is 1. The molecular weight excluding hydrogens is 294 g/mol. The number of likely N-dealkylation sites (N-methyl/N-ethyl adjacent to an activating group) is 1. The Morgan fingerprint density at radius 2 is 1.96 bits per heavy atom. The average Bonchev–Trinajstić information content (AvgIpc) is 2.95. The number of hydrogen-bond donors (Lipinski definition) is 1. The van der Waals surface area contributed by atoms with Gasteiger partial charge in [0.2, 0.25) is 5.91 Å². The first kappa shape index (κ1) is 16.5. The molecule has 1 aromatic heterocycles. The summed E-state index contributed by atoms with van der Waals surface area (Å²) in [5.74, 6) is 2.12. The minimum Gasteiger partial charge on any atom is -0.465 e. The van der Waals surface area contributed by atoms with E-state index in [0.29, 0.717) is 13.1 Å². The molecular formula is C17H27N3O3. The molecule has 0 bridgehead atoms. The third-order valence-electron chi connectivity index (χ3n) is 5.35. The summed E-state index contributed by atoms with van der Waals surface area (Å²) in [7, 11) is 2.06. The predicted octanol–water partition coefficient (Wildman–Crippen LogP) is 0.689. The molecule has 1 aromatic rings. The van der Waals surface area contributed by atoms with Crippen LogP contribution in [-0.2, 0) is 11.3 Å². The summed E-state index contributed by atoms with van der Waals surface area (Å²) in [6.45, 7) is 6.63. The number of rotatable bonds is 4. The van der Waals surface area contributed by atoms with Crippen LogP contribution in [0.1, 0.15) is 24.4 Å². The highest BCUT2D eigenvalue weighted by Gasteiger charge is 2.48. The van der Waals surface area contributed by atoms with E-state index in [1.165, 1.54) is 0 Å². The van der Waals surface area contributed by atoms with E-state index in [4.69, 9.17) is 4.42 Å². The van der Waals surface area contributed by atoms with Crippen molar-refractivity contribution in [3.8, 4) is 0 Å². The van der Waals surface area contributed by atoms with Gasteiger partial charge in [0.1, 0.15) is 17.1 Å². The maximum atomic E-state index is 12.9. The van der Waals surface area contributed by atoms with Crippen LogP contribution >= 0.6 is 0 Å². The Labute approximate surface area is 137 Å². The monoisotopic (exact) mass is 321 g/mol. The van der Waals surface area contributed by atoms with Gasteiger partial charge in [-0.25, -0.2) is 0 Å². The molecule has 2 aliphatic heterocycles. The predicted molar refractivity (Wildman–Crippen MR) is 87.0 cm³/mol. The van der Waals surface area contributed by atoms with Crippen LogP contribution in [0.2, 0.25) is 0 Å². The molecule has 2 aliphatic rings. The lowest BCUT2D eigenvalue weighted by Gasteiger charge is -2.51. The van der Waals surface area contributed by atoms with Crippen LogP contribution in [-0.4, -0.2) is 77.6 Å². The van der Waals surface area contributed by atoms with E-state index in [2.05, 4.69) is 16.8 Å². The number of hydrogen-bond acceptors (Lipinski definition) is 5. The van der Waals surface area contributed by atoms with Crippen LogP contribution in [0.4, 0.5) is 0 Å². The summed E-state index contributed by atoms with van der Waals surface area (Å²) in [6, 6.07) is 4.02. The van der Waals surface area contributed by atoms with Gasteiger partial charge in [-0.05, 0) is 38.9 Å². The van der Waals surface area contributed by atoms with Gasteiger partial charge in [0, 0.05) is 32.7 Å². The zero-order valence-corrected chi connectivity index (χ0v) is 14.1. The van der Waals surface area contributed by atoms with Crippen molar-refractivity contribution in [2.24, 2.45) is 0 Å². The molecule has 0 unspecified atom stereocenters. The van der Waals surface area contributed by atoms with Crippen LogP contribution in [0.15, 0.2) is 16.5 Å². The Morgan fingerprint density at radius 3 is 2.57 bits per heavy atom. The number of aliphatic hydroxyl groups excluding tert-OH is 1. The summed E-state index contributed by atoms with van der Waals surface area (Å²) in [6.07, 6.45) is 1.67. The van der Waals surface area contributed by atoms with Crippen molar-refractivity contribution in [1.29, 1.82) is 0 Å². The van der Waals surface area contributed by atoms with E-state index in [-0.39, 0.29) is 18.1 Å². The van der Waals surface area contributed by atoms with Gasteiger partial charge in [-0.15, -0.1) is 0 Å². The average molecular weight is 321 g/mol. The van der Waals surface area contributed by atoms with Gasteiger partial charge in [0.25, 0.3) is 0 Å². The first-order valence-corrected chi connectivity index (χ1v) is 8.44. The van der Waals surface area contributed by atoms with Gasteiger partial charge < -0.3 is 14.4 Å². The molecule has 1 amide bonds. The summed E-state index contributed by atoms with van der Waals surface area (Å²) in [5, 5.41) is 9.17. The highest BCUT2D eigenvalue weighted by molar-refractivity contribution is 5.87. The molecule has 128 valence electrons. The van der Waals surface area contributed by atoms with Crippen LogP contribution < -0.4 is 0 Å². The molecule has 6 nitrogen and oxygen atoms in total. The molecule has 0 aliphatic carbocycles. The first-order chi connectivity index (χ1) is 11.0. The fraction of sp³-hybridized carbons (Fsp3) is 0.706. The molecule has 0 radical (unpaired) electrons. The normalized spacial score (nSPS) is 22.9. The summed E-state index contributed by atoms with van der Waals surface area (Å²) < 4.78 is 5.66. The van der Waals surface area contributed by atoms with Crippen molar-refractivity contribution in [2.45, 2.75) is 31.8 Å². The van der Waals surface area contributed by atoms with Crippen molar-refractivity contribution in [1.82, 2.24) is 14.7 Å². The van der Waals surface area contributed by atoms with E-state index in [1.54, 1.807) is 0 Å². The fourth-order valence-electron chi connectivity index (χ4n) is 3.85. The van der Waals surface area contributed by atoms with Gasteiger partial charge in [-0.2, -0.15) is 0 Å². The summed E-state index contributed by atoms with van der Waals surface area (Å²) >= 11 is 0. The van der Waals surface area contributed by atoms with E-state index >= 15 is 0 Å². The van der Waals surface area contributed by atoms with Crippen molar-refractivity contribution in [2.75, 3.05) is 46.4 Å². The van der Waals surface area contributed by atoms with Crippen molar-refractivity contribution in [3.05, 3.63) is 23.7 Å². The number of nitrogens with zero attached hydrogens (tertiary/aromatic N) is 3. The van der Waals surface area contributed by atoms with Crippen LogP contribution in [0, 0.1) is 6.92 Å². The smallest absolute Gasteiger partial charge is 0.243 e. The van der Waals surface area contributed by atoms with E-state index in [9.17, 15) is 9.90 Å². The van der Waals surface area contributed by atoms with Gasteiger partial charge in [0.05, 0.1) is 13.2 Å². The van der Waals surface area contributed by atoms with Crippen LogP contribution in [0.5, 0.6) is 0 Å². The van der Waals surface area contributed by atoms with E-state index in [1.807, 2.05) is 24.0 Å². The van der Waals surface area contributed by atoms with Gasteiger partial charge in [-0.3, -0.25) is 14.6 Å². The molecule has 3 rings (SSSR count).